The smallest absolute Gasteiger partial charge is 0.271 e. The van der Waals surface area contributed by atoms with E-state index in [9.17, 15) is 4.79 Å². The highest BCUT2D eigenvalue weighted by Gasteiger charge is 2.15. The average molecular weight is 236 g/mol. The number of nitrogens with zero attached hydrogens (tertiary/aromatic N) is 2. The summed E-state index contributed by atoms with van der Waals surface area (Å²) in [4.78, 5) is 11.6. The lowest BCUT2D eigenvalue weighted by Crippen LogP contribution is -2.27. The van der Waals surface area contributed by atoms with Gasteiger partial charge in [-0.15, -0.1) is 10.2 Å². The van der Waals surface area contributed by atoms with Gasteiger partial charge in [0, 0.05) is 19.8 Å². The summed E-state index contributed by atoms with van der Waals surface area (Å²) in [6.45, 7) is 2.28. The molecule has 1 unspecified atom stereocenters. The maximum absolute atomic E-state index is 11.6. The Morgan fingerprint density at radius 3 is 3.06 bits per heavy atom. The Kier molecular flexibility index (Phi) is 3.87. The molecule has 1 aliphatic rings. The minimum atomic E-state index is -0.212. The number of nitrogen functional groups attached to an aromatic ring is 1. The number of anilines is 1. The second kappa shape index (κ2) is 5.58. The molecule has 1 amide bonds. The number of nitrogens with one attached hydrogen (secondary N) is 1. The molecule has 0 bridgehead atoms. The molecule has 0 aliphatic carbocycles. The number of carbonyl (C=O) groups is 1. The maximum atomic E-state index is 11.6. The lowest BCUT2D eigenvalue weighted by molar-refractivity contribution is 0.0944. The fraction of sp³-hybridized carbons (Fsp3) is 0.545. The minimum Gasteiger partial charge on any atom is -0.382 e. The average Bonchev–Trinajstić information content (AvgIpc) is 2.83. The van der Waals surface area contributed by atoms with E-state index >= 15 is 0 Å². The number of amides is 1. The van der Waals surface area contributed by atoms with Crippen LogP contribution in [0.1, 0.15) is 23.3 Å². The normalized spacial score (nSPS) is 19.2. The summed E-state index contributed by atoms with van der Waals surface area (Å²) in [5, 5.41) is 10.2. The van der Waals surface area contributed by atoms with E-state index in [0.717, 1.165) is 26.1 Å². The lowest BCUT2D eigenvalue weighted by Gasteiger charge is -2.08. The summed E-state index contributed by atoms with van der Waals surface area (Å²) in [6.07, 6.45) is 2.02. The Morgan fingerprint density at radius 1 is 1.53 bits per heavy atom. The van der Waals surface area contributed by atoms with Crippen LogP contribution in [-0.2, 0) is 4.74 Å². The van der Waals surface area contributed by atoms with Crippen LogP contribution in [0, 0.1) is 5.92 Å². The van der Waals surface area contributed by atoms with Gasteiger partial charge in [-0.3, -0.25) is 4.79 Å². The van der Waals surface area contributed by atoms with Gasteiger partial charge in [0.1, 0.15) is 5.82 Å². The van der Waals surface area contributed by atoms with Crippen molar-refractivity contribution in [1.82, 2.24) is 15.5 Å². The summed E-state index contributed by atoms with van der Waals surface area (Å²) in [5.74, 6) is 0.661. The number of nitrogens with two attached hydrogens (primary N) is 1. The van der Waals surface area contributed by atoms with Gasteiger partial charge >= 0.3 is 0 Å². The standard InChI is InChI=1S/C11H16N4O2/c12-10-2-1-9(14-15-10)11(16)13-5-3-8-4-6-17-7-8/h1-2,8H,3-7H2,(H2,12,15)(H,13,16). The first-order chi connectivity index (χ1) is 8.25. The topological polar surface area (TPSA) is 90.1 Å². The molecule has 1 atom stereocenters. The van der Waals surface area contributed by atoms with E-state index in [1.165, 1.54) is 0 Å². The molecule has 3 N–H and O–H groups in total. The van der Waals surface area contributed by atoms with E-state index in [0.29, 0.717) is 24.0 Å². The van der Waals surface area contributed by atoms with E-state index < -0.39 is 0 Å². The third kappa shape index (κ3) is 3.39. The zero-order valence-electron chi connectivity index (χ0n) is 9.56. The predicted octanol–water partition coefficient (Wildman–Crippen LogP) is 0.215. The molecular formula is C11H16N4O2. The molecule has 92 valence electrons. The first-order valence-corrected chi connectivity index (χ1v) is 5.71. The van der Waals surface area contributed by atoms with Crippen LogP contribution in [0.5, 0.6) is 0 Å². The summed E-state index contributed by atoms with van der Waals surface area (Å²) in [7, 11) is 0. The predicted molar refractivity (Wildman–Crippen MR) is 62.3 cm³/mol. The Labute approximate surface area is 99.6 Å². The summed E-state index contributed by atoms with van der Waals surface area (Å²) in [5.41, 5.74) is 5.68. The van der Waals surface area contributed by atoms with Gasteiger partial charge in [0.25, 0.3) is 5.91 Å². The maximum Gasteiger partial charge on any atom is 0.271 e. The van der Waals surface area contributed by atoms with Gasteiger partial charge in [-0.1, -0.05) is 0 Å². The second-order valence-electron chi connectivity index (χ2n) is 4.12. The van der Waals surface area contributed by atoms with Gasteiger partial charge in [0.05, 0.1) is 0 Å². The molecule has 0 spiro atoms. The molecular weight excluding hydrogens is 220 g/mol. The summed E-state index contributed by atoms with van der Waals surface area (Å²) >= 11 is 0. The van der Waals surface area contributed by atoms with Gasteiger partial charge in [-0.2, -0.15) is 0 Å². The molecule has 2 rings (SSSR count). The van der Waals surface area contributed by atoms with Crippen molar-refractivity contribution < 1.29 is 9.53 Å². The monoisotopic (exact) mass is 236 g/mol. The Balaban J connectivity index is 1.75. The van der Waals surface area contributed by atoms with Gasteiger partial charge in [-0.25, -0.2) is 0 Å². The van der Waals surface area contributed by atoms with Crippen molar-refractivity contribution in [1.29, 1.82) is 0 Å². The van der Waals surface area contributed by atoms with Gasteiger partial charge in [0.2, 0.25) is 0 Å². The zero-order valence-corrected chi connectivity index (χ0v) is 9.56. The number of hydrogen-bond donors (Lipinski definition) is 2. The van der Waals surface area contributed by atoms with Crippen LogP contribution in [-0.4, -0.2) is 35.9 Å². The molecule has 1 saturated heterocycles. The molecule has 1 fully saturated rings. The Hall–Kier alpha value is -1.69. The first kappa shape index (κ1) is 11.8. The lowest BCUT2D eigenvalue weighted by atomic mass is 10.1. The Bertz CT molecular complexity index is 374. The largest absolute Gasteiger partial charge is 0.382 e. The number of carbonyl (C=O) groups excluding carboxylic acids is 1. The van der Waals surface area contributed by atoms with E-state index in [1.54, 1.807) is 12.1 Å². The summed E-state index contributed by atoms with van der Waals surface area (Å²) < 4.78 is 5.26. The van der Waals surface area contributed by atoms with E-state index in [-0.39, 0.29) is 5.91 Å². The molecule has 17 heavy (non-hydrogen) atoms. The van der Waals surface area contributed by atoms with Crippen LogP contribution in [0.3, 0.4) is 0 Å². The van der Waals surface area contributed by atoms with Crippen LogP contribution < -0.4 is 11.1 Å². The molecule has 1 aromatic heterocycles. The van der Waals surface area contributed by atoms with Crippen molar-refractivity contribution in [2.75, 3.05) is 25.5 Å². The molecule has 1 aliphatic heterocycles. The van der Waals surface area contributed by atoms with Crippen LogP contribution >= 0.6 is 0 Å². The first-order valence-electron chi connectivity index (χ1n) is 5.71. The number of aromatic nitrogens is 2. The molecule has 0 saturated carbocycles. The van der Waals surface area contributed by atoms with Crippen molar-refractivity contribution in [3.05, 3.63) is 17.8 Å². The van der Waals surface area contributed by atoms with Crippen molar-refractivity contribution in [2.45, 2.75) is 12.8 Å². The van der Waals surface area contributed by atoms with Crippen LogP contribution in [0.25, 0.3) is 0 Å². The van der Waals surface area contributed by atoms with Crippen molar-refractivity contribution >= 4 is 11.7 Å². The van der Waals surface area contributed by atoms with Crippen molar-refractivity contribution in [3.8, 4) is 0 Å². The fourth-order valence-corrected chi connectivity index (χ4v) is 1.76. The van der Waals surface area contributed by atoms with Gasteiger partial charge in [0.15, 0.2) is 5.69 Å². The minimum absolute atomic E-state index is 0.212. The molecule has 1 aromatic rings. The third-order valence-corrected chi connectivity index (χ3v) is 2.78. The molecule has 0 radical (unpaired) electrons. The SMILES string of the molecule is Nc1ccc(C(=O)NCCC2CCOC2)nn1. The highest BCUT2D eigenvalue weighted by Crippen LogP contribution is 2.15. The Morgan fingerprint density at radius 2 is 2.41 bits per heavy atom. The molecule has 6 nitrogen and oxygen atoms in total. The van der Waals surface area contributed by atoms with Crippen LogP contribution in [0.15, 0.2) is 12.1 Å². The van der Waals surface area contributed by atoms with Crippen molar-refractivity contribution in [3.63, 3.8) is 0 Å². The highest BCUT2D eigenvalue weighted by molar-refractivity contribution is 5.92. The number of hydrogen-bond acceptors (Lipinski definition) is 5. The second-order valence-corrected chi connectivity index (χ2v) is 4.12. The zero-order chi connectivity index (χ0) is 12.1. The summed E-state index contributed by atoms with van der Waals surface area (Å²) in [6, 6.07) is 3.13. The molecule has 0 aromatic carbocycles. The van der Waals surface area contributed by atoms with E-state index in [1.807, 2.05) is 0 Å². The van der Waals surface area contributed by atoms with E-state index in [4.69, 9.17) is 10.5 Å². The molecule has 6 heteroatoms. The number of rotatable bonds is 4. The number of ether oxygens (including phenoxy) is 1. The van der Waals surface area contributed by atoms with Gasteiger partial charge in [-0.05, 0) is 30.9 Å². The molecule has 2 heterocycles. The van der Waals surface area contributed by atoms with Crippen molar-refractivity contribution in [2.24, 2.45) is 5.92 Å². The van der Waals surface area contributed by atoms with Crippen LogP contribution in [0.4, 0.5) is 5.82 Å². The fourth-order valence-electron chi connectivity index (χ4n) is 1.76. The van der Waals surface area contributed by atoms with Gasteiger partial charge < -0.3 is 15.8 Å². The highest BCUT2D eigenvalue weighted by atomic mass is 16.5. The van der Waals surface area contributed by atoms with Crippen LogP contribution in [0.2, 0.25) is 0 Å². The quantitative estimate of drug-likeness (QED) is 0.780. The third-order valence-electron chi connectivity index (χ3n) is 2.78. The van der Waals surface area contributed by atoms with E-state index in [2.05, 4.69) is 15.5 Å².